The molecule has 2 N–H and O–H groups in total. The lowest BCUT2D eigenvalue weighted by molar-refractivity contribution is 0.473. The molecular formula is C20H19Cl2NO3S. The summed E-state index contributed by atoms with van der Waals surface area (Å²) in [5.41, 5.74) is 0.697. The van der Waals surface area contributed by atoms with E-state index in [9.17, 15) is 9.90 Å². The van der Waals surface area contributed by atoms with Crippen LogP contribution in [0.5, 0.6) is 5.75 Å². The molecule has 0 fully saturated rings. The first kappa shape index (κ1) is 21.4. The summed E-state index contributed by atoms with van der Waals surface area (Å²) in [6.07, 6.45) is 7.41. The smallest absolute Gasteiger partial charge is 0.346 e. The highest BCUT2D eigenvalue weighted by Gasteiger charge is 2.12. The molecule has 1 unspecified atom stereocenters. The highest BCUT2D eigenvalue weighted by atomic mass is 35.5. The minimum Gasteiger partial charge on any atom is -0.508 e. The number of hydrogen-bond donors (Lipinski definition) is 2. The maximum absolute atomic E-state index is 12.2. The Morgan fingerprint density at radius 1 is 1.41 bits per heavy atom. The molecule has 0 spiro atoms. The fourth-order valence-electron chi connectivity index (χ4n) is 2.34. The van der Waals surface area contributed by atoms with Crippen molar-refractivity contribution >= 4 is 51.0 Å². The largest absolute Gasteiger partial charge is 0.508 e. The molecule has 4 nitrogen and oxygen atoms in total. The molecule has 1 aromatic heterocycles. The van der Waals surface area contributed by atoms with Crippen LogP contribution in [0, 0.1) is 5.41 Å². The Labute approximate surface area is 171 Å². The molecule has 2 rings (SSSR count). The highest BCUT2D eigenvalue weighted by Crippen LogP contribution is 2.25. The lowest BCUT2D eigenvalue weighted by Gasteiger charge is -2.06. The Hall–Kier alpha value is -1.95. The van der Waals surface area contributed by atoms with E-state index in [2.05, 4.69) is 0 Å². The van der Waals surface area contributed by atoms with Gasteiger partial charge in [-0.2, -0.15) is 0 Å². The van der Waals surface area contributed by atoms with Crippen molar-refractivity contribution < 1.29 is 9.52 Å². The van der Waals surface area contributed by atoms with Gasteiger partial charge in [-0.05, 0) is 48.6 Å². The molecule has 0 bridgehead atoms. The van der Waals surface area contributed by atoms with Crippen LogP contribution in [0.4, 0.5) is 0 Å². The van der Waals surface area contributed by atoms with E-state index in [0.717, 1.165) is 22.2 Å². The van der Waals surface area contributed by atoms with Crippen molar-refractivity contribution in [2.75, 3.05) is 5.88 Å². The van der Waals surface area contributed by atoms with Crippen LogP contribution < -0.4 is 5.63 Å². The summed E-state index contributed by atoms with van der Waals surface area (Å²) in [7, 11) is 0. The third-order valence-corrected chi connectivity index (χ3v) is 4.59. The number of phenolic OH excluding ortho intramolecular Hbond substituents is 1. The molecule has 1 atom stereocenters. The Morgan fingerprint density at radius 2 is 2.15 bits per heavy atom. The van der Waals surface area contributed by atoms with Crippen molar-refractivity contribution in [1.29, 1.82) is 5.41 Å². The van der Waals surface area contributed by atoms with E-state index in [4.69, 9.17) is 33.0 Å². The topological polar surface area (TPSA) is 74.3 Å². The van der Waals surface area contributed by atoms with Gasteiger partial charge >= 0.3 is 5.63 Å². The van der Waals surface area contributed by atoms with Crippen LogP contribution >= 0.6 is 35.0 Å². The SMILES string of the molecule is C\C(=C/C(/C=C\CCl)=C/C(C)Cl)SC(=N)c1cc2ccc(O)cc2oc1=O. The lowest BCUT2D eigenvalue weighted by Crippen LogP contribution is -2.11. The second-order valence-electron chi connectivity index (χ2n) is 5.76. The number of hydrogen-bond acceptors (Lipinski definition) is 5. The average Bonchev–Trinajstić information content (AvgIpc) is 2.58. The predicted molar refractivity (Wildman–Crippen MR) is 116 cm³/mol. The standard InChI is InChI=1S/C20H19Cl2NO3S/c1-12(22)8-14(4-3-7-21)9-13(2)27-19(23)17-10-15-5-6-16(24)11-18(15)26-20(17)25/h3-6,8-12,23-24H,7H2,1-2H3/b4-3-,13-9+,14-8+,23-19?. The first-order valence-electron chi connectivity index (χ1n) is 8.10. The molecule has 0 aliphatic rings. The maximum atomic E-state index is 12.2. The molecule has 0 saturated heterocycles. The number of thioether (sulfide) groups is 1. The number of benzene rings is 1. The Balaban J connectivity index is 2.28. The van der Waals surface area contributed by atoms with Gasteiger partial charge in [0, 0.05) is 22.7 Å². The minimum atomic E-state index is -0.620. The molecule has 2 aromatic rings. The highest BCUT2D eigenvalue weighted by molar-refractivity contribution is 8.17. The molecule has 7 heteroatoms. The third kappa shape index (κ3) is 6.31. The van der Waals surface area contributed by atoms with E-state index < -0.39 is 5.63 Å². The molecule has 1 heterocycles. The number of aromatic hydroxyl groups is 1. The van der Waals surface area contributed by atoms with Crippen LogP contribution in [0.1, 0.15) is 19.4 Å². The van der Waals surface area contributed by atoms with Gasteiger partial charge in [0.15, 0.2) is 0 Å². The summed E-state index contributed by atoms with van der Waals surface area (Å²) in [4.78, 5) is 13.0. The van der Waals surface area contributed by atoms with Gasteiger partial charge in [-0.1, -0.05) is 30.0 Å². The van der Waals surface area contributed by atoms with Crippen LogP contribution in [-0.4, -0.2) is 21.4 Å². The van der Waals surface area contributed by atoms with Crippen molar-refractivity contribution in [3.8, 4) is 5.75 Å². The second kappa shape index (κ2) is 9.83. The van der Waals surface area contributed by atoms with Crippen molar-refractivity contribution in [3.05, 3.63) is 75.0 Å². The fourth-order valence-corrected chi connectivity index (χ4v) is 3.34. The fraction of sp³-hybridized carbons (Fsp3) is 0.200. The van der Waals surface area contributed by atoms with Crippen LogP contribution in [-0.2, 0) is 0 Å². The van der Waals surface area contributed by atoms with E-state index >= 15 is 0 Å². The number of phenols is 1. The third-order valence-electron chi connectivity index (χ3n) is 3.42. The Bertz CT molecular complexity index is 990. The van der Waals surface area contributed by atoms with Crippen molar-refractivity contribution in [1.82, 2.24) is 0 Å². The molecule has 0 amide bonds. The summed E-state index contributed by atoms with van der Waals surface area (Å²) in [6, 6.07) is 6.10. The normalized spacial score (nSPS) is 14.1. The van der Waals surface area contributed by atoms with E-state index in [1.807, 2.05) is 32.1 Å². The molecule has 1 aromatic carbocycles. The van der Waals surface area contributed by atoms with Crippen LogP contribution in [0.25, 0.3) is 11.0 Å². The minimum absolute atomic E-state index is 0.0134. The zero-order valence-electron chi connectivity index (χ0n) is 14.8. The van der Waals surface area contributed by atoms with Crippen molar-refractivity contribution in [2.45, 2.75) is 19.2 Å². The second-order valence-corrected chi connectivity index (χ2v) is 8.01. The molecule has 0 radical (unpaired) electrons. The van der Waals surface area contributed by atoms with E-state index in [1.165, 1.54) is 12.1 Å². The maximum Gasteiger partial charge on any atom is 0.346 e. The zero-order valence-corrected chi connectivity index (χ0v) is 17.2. The molecular weight excluding hydrogens is 405 g/mol. The number of halogens is 2. The van der Waals surface area contributed by atoms with Gasteiger partial charge in [0.05, 0.1) is 5.56 Å². The molecule has 142 valence electrons. The molecule has 0 aliphatic heterocycles. The number of allylic oxidation sites excluding steroid dienone is 6. The lowest BCUT2D eigenvalue weighted by atomic mass is 10.2. The summed E-state index contributed by atoms with van der Waals surface area (Å²) in [6.45, 7) is 3.70. The van der Waals surface area contributed by atoms with Gasteiger partial charge in [0.25, 0.3) is 0 Å². The van der Waals surface area contributed by atoms with E-state index in [1.54, 1.807) is 18.2 Å². The summed E-state index contributed by atoms with van der Waals surface area (Å²) >= 11 is 12.9. The Kier molecular flexibility index (Phi) is 7.78. The monoisotopic (exact) mass is 423 g/mol. The van der Waals surface area contributed by atoms with Crippen molar-refractivity contribution in [2.24, 2.45) is 0 Å². The summed E-state index contributed by atoms with van der Waals surface area (Å²) in [5, 5.41) is 18.3. The van der Waals surface area contributed by atoms with Gasteiger partial charge in [-0.15, -0.1) is 23.2 Å². The molecule has 0 aliphatic carbocycles. The van der Waals surface area contributed by atoms with Gasteiger partial charge < -0.3 is 9.52 Å². The number of alkyl halides is 2. The van der Waals surface area contributed by atoms with Gasteiger partial charge in [0.1, 0.15) is 16.4 Å². The first-order valence-corrected chi connectivity index (χ1v) is 9.89. The number of nitrogens with one attached hydrogen (secondary N) is 1. The van der Waals surface area contributed by atoms with Gasteiger partial charge in [-0.3, -0.25) is 5.41 Å². The number of fused-ring (bicyclic) bond motifs is 1. The van der Waals surface area contributed by atoms with Crippen molar-refractivity contribution in [3.63, 3.8) is 0 Å². The Morgan fingerprint density at radius 3 is 2.81 bits per heavy atom. The van der Waals surface area contributed by atoms with Gasteiger partial charge in [0.2, 0.25) is 0 Å². The molecule has 27 heavy (non-hydrogen) atoms. The average molecular weight is 424 g/mol. The van der Waals surface area contributed by atoms with Crippen LogP contribution in [0.2, 0.25) is 0 Å². The van der Waals surface area contributed by atoms with E-state index in [-0.39, 0.29) is 27.3 Å². The number of rotatable bonds is 6. The van der Waals surface area contributed by atoms with E-state index in [0.29, 0.717) is 11.3 Å². The van der Waals surface area contributed by atoms with Crippen LogP contribution in [0.3, 0.4) is 0 Å². The first-order chi connectivity index (χ1) is 12.8. The van der Waals surface area contributed by atoms with Crippen LogP contribution in [0.15, 0.2) is 68.3 Å². The summed E-state index contributed by atoms with van der Waals surface area (Å²) in [5.74, 6) is 0.400. The predicted octanol–water partition coefficient (Wildman–Crippen LogP) is 5.81. The summed E-state index contributed by atoms with van der Waals surface area (Å²) < 4.78 is 5.22. The quantitative estimate of drug-likeness (QED) is 0.202. The zero-order chi connectivity index (χ0) is 20.0. The van der Waals surface area contributed by atoms with Gasteiger partial charge in [-0.25, -0.2) is 4.79 Å². The molecule has 0 saturated carbocycles.